The minimum Gasteiger partial charge on any atom is -0.444 e. The summed E-state index contributed by atoms with van der Waals surface area (Å²) in [5.41, 5.74) is 4.38. The summed E-state index contributed by atoms with van der Waals surface area (Å²) in [5, 5.41) is 5.49. The number of rotatable bonds is 13. The van der Waals surface area contributed by atoms with Gasteiger partial charge in [0.25, 0.3) is 0 Å². The van der Waals surface area contributed by atoms with Crippen LogP contribution in [0.4, 0.5) is 9.59 Å². The summed E-state index contributed by atoms with van der Waals surface area (Å²) < 4.78 is 10.4. The Morgan fingerprint density at radius 3 is 1.63 bits per heavy atom. The fraction of sp³-hybridized carbons (Fsp3) is 0.864. The van der Waals surface area contributed by atoms with Gasteiger partial charge in [0.2, 0.25) is 5.91 Å². The third-order valence-electron chi connectivity index (χ3n) is 4.15. The average molecular weight is 430 g/mol. The van der Waals surface area contributed by atoms with Crippen LogP contribution in [0.15, 0.2) is 0 Å². The van der Waals surface area contributed by atoms with Crippen LogP contribution in [0.5, 0.6) is 0 Å². The SMILES string of the molecule is CC(C)(C)OC(=O)NCCCCCCC(CCCNC(=O)OC(C)(C)C)CC(N)=O. The van der Waals surface area contributed by atoms with Gasteiger partial charge >= 0.3 is 12.2 Å². The molecule has 0 saturated carbocycles. The molecule has 0 aromatic heterocycles. The van der Waals surface area contributed by atoms with E-state index in [1.807, 2.05) is 41.5 Å². The van der Waals surface area contributed by atoms with Gasteiger partial charge in [0.1, 0.15) is 11.2 Å². The van der Waals surface area contributed by atoms with Crippen molar-refractivity contribution in [3.63, 3.8) is 0 Å². The predicted molar refractivity (Wildman–Crippen MR) is 118 cm³/mol. The molecule has 176 valence electrons. The standard InChI is InChI=1S/C22H43N3O5/c1-21(2,3)29-19(27)24-14-10-8-7-9-12-17(16-18(23)26)13-11-15-25-20(28)30-22(4,5)6/h17H,7-16H2,1-6H3,(H2,23,26)(H,24,27)(H,25,28). The molecular weight excluding hydrogens is 386 g/mol. The lowest BCUT2D eigenvalue weighted by atomic mass is 9.92. The number of primary amides is 1. The van der Waals surface area contributed by atoms with Crippen LogP contribution in [0.1, 0.15) is 92.9 Å². The van der Waals surface area contributed by atoms with Crippen molar-refractivity contribution in [2.45, 2.75) is 104 Å². The lowest BCUT2D eigenvalue weighted by Crippen LogP contribution is -2.33. The Bertz CT molecular complexity index is 524. The number of ether oxygens (including phenoxy) is 2. The van der Waals surface area contributed by atoms with E-state index in [4.69, 9.17) is 15.2 Å². The molecule has 8 nitrogen and oxygen atoms in total. The third kappa shape index (κ3) is 19.3. The van der Waals surface area contributed by atoms with Crippen molar-refractivity contribution in [3.8, 4) is 0 Å². The van der Waals surface area contributed by atoms with E-state index in [2.05, 4.69) is 10.6 Å². The summed E-state index contributed by atoms with van der Waals surface area (Å²) in [7, 11) is 0. The number of hydrogen-bond acceptors (Lipinski definition) is 5. The van der Waals surface area contributed by atoms with Crippen LogP contribution in [0.3, 0.4) is 0 Å². The van der Waals surface area contributed by atoms with Gasteiger partial charge in [0.15, 0.2) is 0 Å². The van der Waals surface area contributed by atoms with Crippen molar-refractivity contribution in [1.82, 2.24) is 10.6 Å². The molecule has 0 fully saturated rings. The van der Waals surface area contributed by atoms with Gasteiger partial charge in [0.05, 0.1) is 0 Å². The quantitative estimate of drug-likeness (QED) is 0.378. The number of nitrogens with one attached hydrogen (secondary N) is 2. The van der Waals surface area contributed by atoms with Crippen LogP contribution in [-0.4, -0.2) is 42.4 Å². The van der Waals surface area contributed by atoms with Gasteiger partial charge in [-0.2, -0.15) is 0 Å². The number of hydrogen-bond donors (Lipinski definition) is 3. The van der Waals surface area contributed by atoms with Crippen LogP contribution >= 0.6 is 0 Å². The van der Waals surface area contributed by atoms with Gasteiger partial charge in [0, 0.05) is 19.5 Å². The minimum absolute atomic E-state index is 0.225. The summed E-state index contributed by atoms with van der Waals surface area (Å²) in [5.74, 6) is -0.0653. The molecule has 8 heteroatoms. The van der Waals surface area contributed by atoms with Gasteiger partial charge in [-0.1, -0.05) is 19.3 Å². The zero-order chi connectivity index (χ0) is 23.2. The molecule has 0 saturated heterocycles. The summed E-state index contributed by atoms with van der Waals surface area (Å²) in [4.78, 5) is 34.5. The van der Waals surface area contributed by atoms with E-state index in [-0.39, 0.29) is 17.9 Å². The van der Waals surface area contributed by atoms with Crippen molar-refractivity contribution in [2.24, 2.45) is 11.7 Å². The van der Waals surface area contributed by atoms with Gasteiger partial charge in [-0.3, -0.25) is 4.79 Å². The maximum atomic E-state index is 11.6. The largest absolute Gasteiger partial charge is 0.444 e. The molecule has 4 N–H and O–H groups in total. The number of unbranched alkanes of at least 4 members (excludes halogenated alkanes) is 3. The fourth-order valence-electron chi connectivity index (χ4n) is 2.94. The van der Waals surface area contributed by atoms with E-state index in [1.165, 1.54) is 0 Å². The van der Waals surface area contributed by atoms with Gasteiger partial charge < -0.3 is 25.8 Å². The molecular formula is C22H43N3O5. The van der Waals surface area contributed by atoms with Gasteiger partial charge in [-0.25, -0.2) is 9.59 Å². The van der Waals surface area contributed by atoms with Crippen molar-refractivity contribution < 1.29 is 23.9 Å². The number of alkyl carbamates (subject to hydrolysis) is 2. The second-order valence-electron chi connectivity index (χ2n) is 9.74. The molecule has 0 bridgehead atoms. The maximum absolute atomic E-state index is 11.6. The van der Waals surface area contributed by atoms with Crippen molar-refractivity contribution >= 4 is 18.1 Å². The van der Waals surface area contributed by atoms with Crippen LogP contribution in [-0.2, 0) is 14.3 Å². The van der Waals surface area contributed by atoms with Crippen LogP contribution < -0.4 is 16.4 Å². The van der Waals surface area contributed by atoms with E-state index < -0.39 is 17.3 Å². The maximum Gasteiger partial charge on any atom is 0.407 e. The molecule has 0 aliphatic rings. The van der Waals surface area contributed by atoms with Crippen molar-refractivity contribution in [3.05, 3.63) is 0 Å². The summed E-state index contributed by atoms with van der Waals surface area (Å²) >= 11 is 0. The summed E-state index contributed by atoms with van der Waals surface area (Å²) in [6, 6.07) is 0. The Morgan fingerprint density at radius 1 is 0.733 bits per heavy atom. The number of nitrogens with two attached hydrogens (primary N) is 1. The monoisotopic (exact) mass is 429 g/mol. The molecule has 0 aliphatic carbocycles. The topological polar surface area (TPSA) is 120 Å². The second kappa shape index (κ2) is 14.1. The van der Waals surface area contributed by atoms with Crippen LogP contribution in [0.25, 0.3) is 0 Å². The minimum atomic E-state index is -0.513. The zero-order valence-corrected chi connectivity index (χ0v) is 19.8. The molecule has 30 heavy (non-hydrogen) atoms. The normalized spacial score (nSPS) is 12.7. The highest BCUT2D eigenvalue weighted by Crippen LogP contribution is 2.19. The highest BCUT2D eigenvalue weighted by Gasteiger charge is 2.17. The highest BCUT2D eigenvalue weighted by molar-refractivity contribution is 5.74. The van der Waals surface area contributed by atoms with Crippen molar-refractivity contribution in [1.29, 1.82) is 0 Å². The Morgan fingerprint density at radius 2 is 1.17 bits per heavy atom. The Balaban J connectivity index is 3.93. The van der Waals surface area contributed by atoms with Gasteiger partial charge in [-0.15, -0.1) is 0 Å². The van der Waals surface area contributed by atoms with Gasteiger partial charge in [-0.05, 0) is 73.1 Å². The Labute approximate surface area is 182 Å². The van der Waals surface area contributed by atoms with Crippen LogP contribution in [0.2, 0.25) is 0 Å². The highest BCUT2D eigenvalue weighted by atomic mass is 16.6. The first kappa shape index (κ1) is 28.0. The molecule has 0 aliphatic heterocycles. The number of amides is 3. The Hall–Kier alpha value is -1.99. The first-order valence-corrected chi connectivity index (χ1v) is 11.0. The lowest BCUT2D eigenvalue weighted by molar-refractivity contribution is -0.119. The molecule has 0 heterocycles. The molecule has 0 spiro atoms. The summed E-state index contributed by atoms with van der Waals surface area (Å²) in [6.07, 6.45) is 6.01. The smallest absolute Gasteiger partial charge is 0.407 e. The lowest BCUT2D eigenvalue weighted by Gasteiger charge is -2.20. The first-order chi connectivity index (χ1) is 13.8. The van der Waals surface area contributed by atoms with Crippen molar-refractivity contribution in [2.75, 3.05) is 13.1 Å². The summed E-state index contributed by atoms with van der Waals surface area (Å²) in [6.45, 7) is 12.1. The third-order valence-corrected chi connectivity index (χ3v) is 4.15. The Kier molecular flexibility index (Phi) is 13.2. The second-order valence-corrected chi connectivity index (χ2v) is 9.74. The molecule has 3 amide bonds. The van der Waals surface area contributed by atoms with E-state index in [1.54, 1.807) is 0 Å². The first-order valence-electron chi connectivity index (χ1n) is 11.0. The van der Waals surface area contributed by atoms with E-state index in [0.29, 0.717) is 19.5 Å². The number of carbonyl (C=O) groups excluding carboxylic acids is 3. The van der Waals surface area contributed by atoms with E-state index >= 15 is 0 Å². The number of carbonyl (C=O) groups is 3. The molecule has 0 aromatic rings. The predicted octanol–water partition coefficient (Wildman–Crippen LogP) is 4.26. The van der Waals surface area contributed by atoms with Crippen LogP contribution in [0, 0.1) is 5.92 Å². The fourth-order valence-corrected chi connectivity index (χ4v) is 2.94. The molecule has 1 unspecified atom stereocenters. The molecule has 1 atom stereocenters. The molecule has 0 aromatic carbocycles. The molecule has 0 radical (unpaired) electrons. The zero-order valence-electron chi connectivity index (χ0n) is 19.8. The van der Waals surface area contributed by atoms with E-state index in [9.17, 15) is 14.4 Å². The average Bonchev–Trinajstić information content (AvgIpc) is 2.53. The van der Waals surface area contributed by atoms with E-state index in [0.717, 1.165) is 44.9 Å². The molecule has 0 rings (SSSR count).